The van der Waals surface area contributed by atoms with Gasteiger partial charge in [0.2, 0.25) is 0 Å². The average molecular weight is 347 g/mol. The van der Waals surface area contributed by atoms with Gasteiger partial charge in [0.15, 0.2) is 6.10 Å². The van der Waals surface area contributed by atoms with Gasteiger partial charge in [-0.1, -0.05) is 26.7 Å². The molecule has 1 amide bonds. The van der Waals surface area contributed by atoms with Gasteiger partial charge in [-0.05, 0) is 56.4 Å². The molecule has 5 heteroatoms. The minimum Gasteiger partial charge on any atom is -0.494 e. The highest BCUT2D eigenvalue weighted by Gasteiger charge is 2.30. The van der Waals surface area contributed by atoms with Gasteiger partial charge in [-0.15, -0.1) is 0 Å². The molecule has 1 N–H and O–H groups in total. The van der Waals surface area contributed by atoms with Gasteiger partial charge in [0.1, 0.15) is 5.75 Å². The van der Waals surface area contributed by atoms with Crippen LogP contribution in [0, 0.1) is 11.8 Å². The smallest absolute Gasteiger partial charge is 0.338 e. The summed E-state index contributed by atoms with van der Waals surface area (Å²) < 4.78 is 10.7. The number of carbonyl (C=O) groups is 2. The van der Waals surface area contributed by atoms with Crippen LogP contribution in [0.2, 0.25) is 0 Å². The fraction of sp³-hybridized carbons (Fsp3) is 0.600. The zero-order valence-electron chi connectivity index (χ0n) is 15.6. The van der Waals surface area contributed by atoms with E-state index in [9.17, 15) is 9.59 Å². The first-order valence-electron chi connectivity index (χ1n) is 9.16. The lowest BCUT2D eigenvalue weighted by atomic mass is 9.78. The fourth-order valence-electron chi connectivity index (χ4n) is 3.22. The Balaban J connectivity index is 1.88. The van der Waals surface area contributed by atoms with Gasteiger partial charge in [-0.25, -0.2) is 4.79 Å². The third kappa shape index (κ3) is 5.21. The molecule has 1 aliphatic carbocycles. The molecule has 0 heterocycles. The number of nitrogens with one attached hydrogen (secondary N) is 1. The second-order valence-corrected chi connectivity index (χ2v) is 6.89. The third-order valence-corrected chi connectivity index (χ3v) is 5.09. The average Bonchev–Trinajstić information content (AvgIpc) is 2.59. The summed E-state index contributed by atoms with van der Waals surface area (Å²) in [5, 5.41) is 3.05. The zero-order valence-corrected chi connectivity index (χ0v) is 15.6. The van der Waals surface area contributed by atoms with Gasteiger partial charge in [0, 0.05) is 6.04 Å². The molecule has 0 bridgehead atoms. The topological polar surface area (TPSA) is 64.6 Å². The summed E-state index contributed by atoms with van der Waals surface area (Å²) >= 11 is 0. The molecule has 2 rings (SSSR count). The molecule has 1 aromatic rings. The van der Waals surface area contributed by atoms with Gasteiger partial charge in [0.05, 0.1) is 12.2 Å². The summed E-state index contributed by atoms with van der Waals surface area (Å²) in [4.78, 5) is 24.6. The molecule has 0 unspecified atom stereocenters. The fourth-order valence-corrected chi connectivity index (χ4v) is 3.22. The standard InChI is InChI=1S/C20H29NO4/c1-5-24-17-11-9-16(10-12-17)20(23)25-15(4)19(22)21-18-8-6-7-13(2)14(18)3/h9-15,18H,5-8H2,1-4H3,(H,21,22)/t13-,14-,15+,18-/m0/s1. The monoisotopic (exact) mass is 347 g/mol. The summed E-state index contributed by atoms with van der Waals surface area (Å²) in [7, 11) is 0. The second kappa shape index (κ2) is 8.88. The van der Waals surface area contributed by atoms with Crippen molar-refractivity contribution in [3.8, 4) is 5.75 Å². The SMILES string of the molecule is CCOc1ccc(C(=O)O[C@H](C)C(=O)N[C@H]2CCC[C@H](C)[C@@H]2C)cc1. The second-order valence-electron chi connectivity index (χ2n) is 6.89. The van der Waals surface area contributed by atoms with Crippen molar-refractivity contribution in [3.05, 3.63) is 29.8 Å². The van der Waals surface area contributed by atoms with E-state index >= 15 is 0 Å². The van der Waals surface area contributed by atoms with Gasteiger partial charge in [-0.3, -0.25) is 4.79 Å². The molecule has 0 aromatic heterocycles. The van der Waals surface area contributed by atoms with Crippen molar-refractivity contribution in [1.82, 2.24) is 5.32 Å². The number of hydrogen-bond donors (Lipinski definition) is 1. The van der Waals surface area contributed by atoms with Crippen LogP contribution in [0.25, 0.3) is 0 Å². The van der Waals surface area contributed by atoms with E-state index in [2.05, 4.69) is 19.2 Å². The Bertz CT molecular complexity index is 584. The van der Waals surface area contributed by atoms with Crippen molar-refractivity contribution >= 4 is 11.9 Å². The lowest BCUT2D eigenvalue weighted by Crippen LogP contribution is -2.47. The lowest BCUT2D eigenvalue weighted by Gasteiger charge is -2.35. The van der Waals surface area contributed by atoms with Crippen molar-refractivity contribution in [3.63, 3.8) is 0 Å². The van der Waals surface area contributed by atoms with Gasteiger partial charge in [-0.2, -0.15) is 0 Å². The highest BCUT2D eigenvalue weighted by atomic mass is 16.5. The molecule has 5 nitrogen and oxygen atoms in total. The van der Waals surface area contributed by atoms with Gasteiger partial charge in [0.25, 0.3) is 5.91 Å². The first-order chi connectivity index (χ1) is 11.9. The first-order valence-corrected chi connectivity index (χ1v) is 9.16. The Morgan fingerprint density at radius 3 is 2.52 bits per heavy atom. The number of esters is 1. The van der Waals surface area contributed by atoms with E-state index in [0.717, 1.165) is 12.8 Å². The maximum atomic E-state index is 12.4. The summed E-state index contributed by atoms with van der Waals surface area (Å²) in [6.45, 7) is 8.47. The summed E-state index contributed by atoms with van der Waals surface area (Å²) in [6, 6.07) is 6.88. The van der Waals surface area contributed by atoms with Crippen LogP contribution in [0.1, 0.15) is 57.3 Å². The van der Waals surface area contributed by atoms with Crippen molar-refractivity contribution in [1.29, 1.82) is 0 Å². The van der Waals surface area contributed by atoms with E-state index in [1.165, 1.54) is 6.42 Å². The molecule has 138 valence electrons. The maximum Gasteiger partial charge on any atom is 0.338 e. The quantitative estimate of drug-likeness (QED) is 0.799. The van der Waals surface area contributed by atoms with Crippen LogP contribution in [0.15, 0.2) is 24.3 Å². The van der Waals surface area contributed by atoms with Crippen molar-refractivity contribution in [2.75, 3.05) is 6.61 Å². The van der Waals surface area contributed by atoms with Crippen LogP contribution < -0.4 is 10.1 Å². The van der Waals surface area contributed by atoms with E-state index in [1.807, 2.05) is 6.92 Å². The lowest BCUT2D eigenvalue weighted by molar-refractivity contribution is -0.130. The van der Waals surface area contributed by atoms with E-state index in [-0.39, 0.29) is 11.9 Å². The van der Waals surface area contributed by atoms with Gasteiger partial charge < -0.3 is 14.8 Å². The molecule has 0 saturated heterocycles. The van der Waals surface area contributed by atoms with Crippen LogP contribution in [0.3, 0.4) is 0 Å². The van der Waals surface area contributed by atoms with E-state index in [1.54, 1.807) is 31.2 Å². The number of ether oxygens (including phenoxy) is 2. The van der Waals surface area contributed by atoms with Crippen LogP contribution in [0.5, 0.6) is 5.75 Å². The molecular formula is C20H29NO4. The van der Waals surface area contributed by atoms with E-state index in [4.69, 9.17) is 9.47 Å². The molecular weight excluding hydrogens is 318 g/mol. The maximum absolute atomic E-state index is 12.4. The van der Waals surface area contributed by atoms with Crippen LogP contribution in [-0.2, 0) is 9.53 Å². The van der Waals surface area contributed by atoms with Crippen molar-refractivity contribution in [2.24, 2.45) is 11.8 Å². The third-order valence-electron chi connectivity index (χ3n) is 5.09. The molecule has 1 aliphatic rings. The molecule has 0 aliphatic heterocycles. The largest absolute Gasteiger partial charge is 0.494 e. The first kappa shape index (κ1) is 19.3. The summed E-state index contributed by atoms with van der Waals surface area (Å²) in [5.74, 6) is 0.999. The van der Waals surface area contributed by atoms with E-state index < -0.39 is 12.1 Å². The Kier molecular flexibility index (Phi) is 6.85. The summed E-state index contributed by atoms with van der Waals surface area (Å²) in [5.41, 5.74) is 0.405. The number of benzene rings is 1. The molecule has 1 fully saturated rings. The van der Waals surface area contributed by atoms with Crippen molar-refractivity contribution in [2.45, 2.75) is 59.1 Å². The normalized spacial score (nSPS) is 24.2. The summed E-state index contributed by atoms with van der Waals surface area (Å²) in [6.07, 6.45) is 2.49. The predicted molar refractivity (Wildman–Crippen MR) is 96.6 cm³/mol. The molecule has 1 saturated carbocycles. The predicted octanol–water partition coefficient (Wildman–Crippen LogP) is 3.57. The van der Waals surface area contributed by atoms with Crippen molar-refractivity contribution < 1.29 is 19.1 Å². The Hall–Kier alpha value is -2.04. The number of carbonyl (C=O) groups excluding carboxylic acids is 2. The van der Waals surface area contributed by atoms with Crippen LogP contribution in [0.4, 0.5) is 0 Å². The number of amides is 1. The van der Waals surface area contributed by atoms with E-state index in [0.29, 0.717) is 29.8 Å². The molecule has 25 heavy (non-hydrogen) atoms. The number of rotatable bonds is 6. The minimum atomic E-state index is -0.816. The number of hydrogen-bond acceptors (Lipinski definition) is 4. The Morgan fingerprint density at radius 1 is 1.20 bits per heavy atom. The molecule has 1 aromatic carbocycles. The van der Waals surface area contributed by atoms with Crippen LogP contribution in [-0.4, -0.2) is 30.6 Å². The highest BCUT2D eigenvalue weighted by molar-refractivity contribution is 5.92. The molecule has 0 spiro atoms. The molecule has 4 atom stereocenters. The Morgan fingerprint density at radius 2 is 1.88 bits per heavy atom. The Labute approximate surface area is 150 Å². The molecule has 0 radical (unpaired) electrons. The minimum absolute atomic E-state index is 0.155. The highest BCUT2D eigenvalue weighted by Crippen LogP contribution is 2.29. The van der Waals surface area contributed by atoms with Crippen LogP contribution >= 0.6 is 0 Å². The zero-order chi connectivity index (χ0) is 18.4. The van der Waals surface area contributed by atoms with Gasteiger partial charge >= 0.3 is 5.97 Å².